The zero-order chi connectivity index (χ0) is 19.1. The van der Waals surface area contributed by atoms with Gasteiger partial charge in [0.25, 0.3) is 5.91 Å². The van der Waals surface area contributed by atoms with Crippen molar-refractivity contribution < 1.29 is 19.1 Å². The Morgan fingerprint density at radius 2 is 1.96 bits per heavy atom. The molecular formula is C20H28N2O4. The van der Waals surface area contributed by atoms with Gasteiger partial charge in [-0.2, -0.15) is 0 Å². The molecular weight excluding hydrogens is 332 g/mol. The van der Waals surface area contributed by atoms with Gasteiger partial charge < -0.3 is 15.0 Å². The second kappa shape index (κ2) is 9.36. The van der Waals surface area contributed by atoms with Crippen LogP contribution in [0.4, 0.5) is 0 Å². The molecule has 0 spiro atoms. The molecule has 0 aromatic heterocycles. The van der Waals surface area contributed by atoms with Crippen LogP contribution in [-0.2, 0) is 14.3 Å². The summed E-state index contributed by atoms with van der Waals surface area (Å²) < 4.78 is 5.15. The Balaban J connectivity index is 2.09. The standard InChI is InChI=1S/C20H28N2O4/c1-4-5-12-26-18(23)13-17-19(24)21-10-11-22(17)20(25)16-8-6-15(7-9-16)14(2)3/h6-9,14,17H,4-5,10-13H2,1-3H3,(H,21,24). The number of unbranched alkanes of at least 4 members (excludes halogenated alkanes) is 1. The number of piperazine rings is 1. The summed E-state index contributed by atoms with van der Waals surface area (Å²) in [6, 6.07) is 6.59. The molecule has 6 heteroatoms. The van der Waals surface area contributed by atoms with E-state index in [1.807, 2.05) is 19.1 Å². The molecule has 0 bridgehead atoms. The molecule has 26 heavy (non-hydrogen) atoms. The van der Waals surface area contributed by atoms with E-state index < -0.39 is 12.0 Å². The molecule has 1 saturated heterocycles. The maximum atomic E-state index is 12.9. The predicted molar refractivity (Wildman–Crippen MR) is 98.8 cm³/mol. The molecule has 1 N–H and O–H groups in total. The number of carbonyl (C=O) groups excluding carboxylic acids is 3. The number of hydrogen-bond acceptors (Lipinski definition) is 4. The fraction of sp³-hybridized carbons (Fsp3) is 0.550. The molecule has 2 rings (SSSR count). The first-order valence-corrected chi connectivity index (χ1v) is 9.28. The molecule has 1 fully saturated rings. The van der Waals surface area contributed by atoms with Gasteiger partial charge in [-0.25, -0.2) is 0 Å². The number of carbonyl (C=O) groups is 3. The molecule has 1 unspecified atom stereocenters. The summed E-state index contributed by atoms with van der Waals surface area (Å²) >= 11 is 0. The van der Waals surface area contributed by atoms with Crippen molar-refractivity contribution in [3.63, 3.8) is 0 Å². The van der Waals surface area contributed by atoms with Crippen LogP contribution in [0.5, 0.6) is 0 Å². The number of nitrogens with zero attached hydrogens (tertiary/aromatic N) is 1. The fourth-order valence-electron chi connectivity index (χ4n) is 2.88. The van der Waals surface area contributed by atoms with E-state index in [1.54, 1.807) is 12.1 Å². The van der Waals surface area contributed by atoms with Gasteiger partial charge in [0.2, 0.25) is 5.91 Å². The maximum Gasteiger partial charge on any atom is 0.308 e. The van der Waals surface area contributed by atoms with Gasteiger partial charge in [-0.05, 0) is 30.0 Å². The summed E-state index contributed by atoms with van der Waals surface area (Å²) in [5.41, 5.74) is 1.67. The minimum Gasteiger partial charge on any atom is -0.466 e. The van der Waals surface area contributed by atoms with Gasteiger partial charge in [0, 0.05) is 18.7 Å². The van der Waals surface area contributed by atoms with Crippen molar-refractivity contribution in [3.8, 4) is 0 Å². The van der Waals surface area contributed by atoms with Crippen LogP contribution in [0.25, 0.3) is 0 Å². The van der Waals surface area contributed by atoms with Gasteiger partial charge >= 0.3 is 5.97 Å². The summed E-state index contributed by atoms with van der Waals surface area (Å²) in [6.07, 6.45) is 1.59. The van der Waals surface area contributed by atoms with Gasteiger partial charge in [0.1, 0.15) is 6.04 Å². The summed E-state index contributed by atoms with van der Waals surface area (Å²) in [7, 11) is 0. The zero-order valence-corrected chi connectivity index (χ0v) is 15.8. The average Bonchev–Trinajstić information content (AvgIpc) is 2.63. The van der Waals surface area contributed by atoms with Crippen LogP contribution in [0.3, 0.4) is 0 Å². The number of ether oxygens (including phenoxy) is 1. The van der Waals surface area contributed by atoms with Crippen molar-refractivity contribution in [3.05, 3.63) is 35.4 Å². The zero-order valence-electron chi connectivity index (χ0n) is 15.8. The van der Waals surface area contributed by atoms with Gasteiger partial charge in [-0.15, -0.1) is 0 Å². The quantitative estimate of drug-likeness (QED) is 0.599. The third-order valence-electron chi connectivity index (χ3n) is 4.54. The third-order valence-corrected chi connectivity index (χ3v) is 4.54. The van der Waals surface area contributed by atoms with E-state index in [4.69, 9.17) is 4.74 Å². The summed E-state index contributed by atoms with van der Waals surface area (Å²) in [5.74, 6) is -0.614. The monoisotopic (exact) mass is 360 g/mol. The molecule has 1 aliphatic heterocycles. The van der Waals surface area contributed by atoms with Gasteiger partial charge in [-0.1, -0.05) is 39.3 Å². The van der Waals surface area contributed by atoms with E-state index in [0.29, 0.717) is 31.2 Å². The number of hydrogen-bond donors (Lipinski definition) is 1. The topological polar surface area (TPSA) is 75.7 Å². The fourth-order valence-corrected chi connectivity index (χ4v) is 2.88. The SMILES string of the molecule is CCCCOC(=O)CC1C(=O)NCCN1C(=O)c1ccc(C(C)C)cc1. The first kappa shape index (κ1) is 19.9. The van der Waals surface area contributed by atoms with Crippen molar-refractivity contribution in [1.29, 1.82) is 0 Å². The van der Waals surface area contributed by atoms with Crippen molar-refractivity contribution in [2.24, 2.45) is 0 Å². The number of rotatable bonds is 7. The number of nitrogens with one attached hydrogen (secondary N) is 1. The Bertz CT molecular complexity index is 640. The second-order valence-corrected chi connectivity index (χ2v) is 6.86. The molecule has 1 aromatic carbocycles. The van der Waals surface area contributed by atoms with E-state index in [2.05, 4.69) is 19.2 Å². The van der Waals surface area contributed by atoms with Gasteiger partial charge in [0.15, 0.2) is 0 Å². The Morgan fingerprint density at radius 1 is 1.27 bits per heavy atom. The highest BCUT2D eigenvalue weighted by Gasteiger charge is 2.35. The Hall–Kier alpha value is -2.37. The summed E-state index contributed by atoms with van der Waals surface area (Å²) in [4.78, 5) is 38.6. The van der Waals surface area contributed by atoms with Crippen molar-refractivity contribution >= 4 is 17.8 Å². The van der Waals surface area contributed by atoms with Crippen molar-refractivity contribution in [1.82, 2.24) is 10.2 Å². The van der Waals surface area contributed by atoms with E-state index in [0.717, 1.165) is 18.4 Å². The average molecular weight is 360 g/mol. The van der Waals surface area contributed by atoms with Crippen LogP contribution in [0, 0.1) is 0 Å². The lowest BCUT2D eigenvalue weighted by Gasteiger charge is -2.34. The third kappa shape index (κ3) is 5.07. The predicted octanol–water partition coefficient (Wildman–Crippen LogP) is 2.48. The highest BCUT2D eigenvalue weighted by Crippen LogP contribution is 2.18. The first-order chi connectivity index (χ1) is 12.4. The Kier molecular flexibility index (Phi) is 7.18. The van der Waals surface area contributed by atoms with Crippen molar-refractivity contribution in [2.75, 3.05) is 19.7 Å². The largest absolute Gasteiger partial charge is 0.466 e. The lowest BCUT2D eigenvalue weighted by Crippen LogP contribution is -2.57. The number of esters is 1. The summed E-state index contributed by atoms with van der Waals surface area (Å²) in [6.45, 7) is 7.29. The second-order valence-electron chi connectivity index (χ2n) is 6.86. The highest BCUT2D eigenvalue weighted by atomic mass is 16.5. The van der Waals surface area contributed by atoms with Gasteiger partial charge in [-0.3, -0.25) is 14.4 Å². The Labute approximate surface area is 154 Å². The molecule has 0 radical (unpaired) electrons. The van der Waals surface area contributed by atoms with Crippen LogP contribution in [0.1, 0.15) is 61.9 Å². The van der Waals surface area contributed by atoms with Crippen LogP contribution < -0.4 is 5.32 Å². The van der Waals surface area contributed by atoms with Crippen LogP contribution in [0.15, 0.2) is 24.3 Å². The lowest BCUT2D eigenvalue weighted by molar-refractivity contribution is -0.147. The number of amides is 2. The van der Waals surface area contributed by atoms with E-state index in [-0.39, 0.29) is 18.2 Å². The molecule has 1 aliphatic rings. The minimum absolute atomic E-state index is 0.120. The normalized spacial score (nSPS) is 17.2. The lowest BCUT2D eigenvalue weighted by atomic mass is 10.0. The van der Waals surface area contributed by atoms with Crippen LogP contribution in [-0.4, -0.2) is 48.4 Å². The van der Waals surface area contributed by atoms with E-state index in [9.17, 15) is 14.4 Å². The molecule has 1 aromatic rings. The van der Waals surface area contributed by atoms with Crippen LogP contribution >= 0.6 is 0 Å². The molecule has 1 atom stereocenters. The van der Waals surface area contributed by atoms with Crippen LogP contribution in [0.2, 0.25) is 0 Å². The Morgan fingerprint density at radius 3 is 2.58 bits per heavy atom. The van der Waals surface area contributed by atoms with Crippen molar-refractivity contribution in [2.45, 2.75) is 52.0 Å². The maximum absolute atomic E-state index is 12.9. The minimum atomic E-state index is -0.824. The van der Waals surface area contributed by atoms with Gasteiger partial charge in [0.05, 0.1) is 13.0 Å². The first-order valence-electron chi connectivity index (χ1n) is 9.28. The number of benzene rings is 1. The molecule has 142 valence electrons. The molecule has 0 aliphatic carbocycles. The highest BCUT2D eigenvalue weighted by molar-refractivity contribution is 5.99. The molecule has 6 nitrogen and oxygen atoms in total. The molecule has 1 heterocycles. The summed E-state index contributed by atoms with van der Waals surface area (Å²) in [5, 5.41) is 2.72. The molecule has 0 saturated carbocycles. The van der Waals surface area contributed by atoms with E-state index in [1.165, 1.54) is 4.90 Å². The van der Waals surface area contributed by atoms with E-state index >= 15 is 0 Å². The molecule has 2 amide bonds. The smallest absolute Gasteiger partial charge is 0.308 e.